The number of aliphatic hydroxyl groups is 1. The third-order valence-corrected chi connectivity index (χ3v) is 7.86. The van der Waals surface area contributed by atoms with E-state index in [2.05, 4.69) is 28.2 Å². The molecule has 2 fully saturated rings. The average molecular weight is 499 g/mol. The molecule has 1 amide bonds. The number of nitrogens with zero attached hydrogens (tertiary/aromatic N) is 3. The molecule has 1 saturated heterocycles. The molecule has 1 aromatic heterocycles. The standard InChI is InChI=1S/C30H34N4O3/c1-20-17-21(19-35)14-16-34(20)25-9-4-22(5-10-25)30(36)33-24-7-11-26(12-8-24)37-28-13-6-23(18-31)29-27(28)3-2-15-32-29/h2-6,9-10,13,15,20-21,24,26,35H,7-8,11-12,14,16-17,19H2,1H3,(H,33,36)/t20-,21-,24?,26?/m1/s1. The number of hydrogen-bond donors (Lipinski definition) is 2. The van der Waals surface area contributed by atoms with E-state index in [9.17, 15) is 15.2 Å². The first-order valence-corrected chi connectivity index (χ1v) is 13.3. The van der Waals surface area contributed by atoms with Crippen LogP contribution in [0.3, 0.4) is 0 Å². The number of nitriles is 1. The molecule has 1 aliphatic carbocycles. The molecule has 2 aromatic carbocycles. The molecule has 2 heterocycles. The summed E-state index contributed by atoms with van der Waals surface area (Å²) in [7, 11) is 0. The van der Waals surface area contributed by atoms with Crippen molar-refractivity contribution < 1.29 is 14.6 Å². The Hall–Kier alpha value is -3.63. The van der Waals surface area contributed by atoms with E-state index in [1.807, 2.05) is 42.5 Å². The van der Waals surface area contributed by atoms with Crippen molar-refractivity contribution in [3.8, 4) is 11.8 Å². The lowest BCUT2D eigenvalue weighted by atomic mass is 9.91. The van der Waals surface area contributed by atoms with Crippen molar-refractivity contribution >= 4 is 22.5 Å². The van der Waals surface area contributed by atoms with Crippen LogP contribution in [-0.4, -0.2) is 47.3 Å². The number of benzene rings is 2. The van der Waals surface area contributed by atoms with E-state index in [0.717, 1.165) is 61.9 Å². The van der Waals surface area contributed by atoms with E-state index in [0.29, 0.717) is 28.6 Å². The molecule has 37 heavy (non-hydrogen) atoms. The number of carbonyl (C=O) groups excluding carboxylic acids is 1. The van der Waals surface area contributed by atoms with Crippen LogP contribution in [0.4, 0.5) is 5.69 Å². The summed E-state index contributed by atoms with van der Waals surface area (Å²) in [6, 6.07) is 18.0. The highest BCUT2D eigenvalue weighted by atomic mass is 16.5. The van der Waals surface area contributed by atoms with Gasteiger partial charge in [-0.2, -0.15) is 5.26 Å². The lowest BCUT2D eigenvalue weighted by Gasteiger charge is -2.39. The van der Waals surface area contributed by atoms with Gasteiger partial charge in [-0.05, 0) is 99.9 Å². The zero-order valence-electron chi connectivity index (χ0n) is 21.3. The van der Waals surface area contributed by atoms with Gasteiger partial charge in [-0.3, -0.25) is 9.78 Å². The van der Waals surface area contributed by atoms with Gasteiger partial charge in [-0.15, -0.1) is 0 Å². The van der Waals surface area contributed by atoms with Crippen LogP contribution in [-0.2, 0) is 0 Å². The smallest absolute Gasteiger partial charge is 0.251 e. The highest BCUT2D eigenvalue weighted by Crippen LogP contribution is 2.31. The molecule has 0 spiro atoms. The highest BCUT2D eigenvalue weighted by molar-refractivity contribution is 5.94. The molecule has 0 bridgehead atoms. The van der Waals surface area contributed by atoms with Gasteiger partial charge in [0.05, 0.1) is 17.2 Å². The summed E-state index contributed by atoms with van der Waals surface area (Å²) in [5, 5.41) is 22.9. The maximum atomic E-state index is 12.9. The number of aromatic nitrogens is 1. The summed E-state index contributed by atoms with van der Waals surface area (Å²) in [4.78, 5) is 19.6. The predicted molar refractivity (Wildman–Crippen MR) is 144 cm³/mol. The fourth-order valence-corrected chi connectivity index (χ4v) is 5.74. The number of fused-ring (bicyclic) bond motifs is 1. The minimum atomic E-state index is -0.0351. The number of nitrogens with one attached hydrogen (secondary N) is 1. The van der Waals surface area contributed by atoms with E-state index in [-0.39, 0.29) is 24.7 Å². The Morgan fingerprint density at radius 3 is 2.62 bits per heavy atom. The Morgan fingerprint density at radius 2 is 1.92 bits per heavy atom. The first kappa shape index (κ1) is 25.0. The third kappa shape index (κ3) is 5.55. The van der Waals surface area contributed by atoms with E-state index >= 15 is 0 Å². The lowest BCUT2D eigenvalue weighted by molar-refractivity contribution is 0.0895. The second-order valence-electron chi connectivity index (χ2n) is 10.3. The number of carbonyl (C=O) groups is 1. The number of piperidine rings is 1. The van der Waals surface area contributed by atoms with Gasteiger partial charge in [0.15, 0.2) is 0 Å². The number of aliphatic hydroxyl groups excluding tert-OH is 1. The van der Waals surface area contributed by atoms with Crippen molar-refractivity contribution in [3.63, 3.8) is 0 Å². The first-order valence-electron chi connectivity index (χ1n) is 13.3. The number of anilines is 1. The number of amides is 1. The zero-order valence-corrected chi connectivity index (χ0v) is 21.3. The molecular weight excluding hydrogens is 464 g/mol. The summed E-state index contributed by atoms with van der Waals surface area (Å²) in [6.07, 6.45) is 7.17. The highest BCUT2D eigenvalue weighted by Gasteiger charge is 2.26. The van der Waals surface area contributed by atoms with Crippen LogP contribution in [0.2, 0.25) is 0 Å². The second kappa shape index (κ2) is 11.2. The summed E-state index contributed by atoms with van der Waals surface area (Å²) in [5.41, 5.74) is 3.02. The number of hydrogen-bond acceptors (Lipinski definition) is 6. The van der Waals surface area contributed by atoms with Gasteiger partial charge >= 0.3 is 0 Å². The van der Waals surface area contributed by atoms with E-state index in [1.54, 1.807) is 12.3 Å². The Balaban J connectivity index is 1.14. The largest absolute Gasteiger partial charge is 0.490 e. The van der Waals surface area contributed by atoms with Crippen molar-refractivity contribution in [1.82, 2.24) is 10.3 Å². The molecule has 7 nitrogen and oxygen atoms in total. The molecule has 5 rings (SSSR count). The Bertz CT molecular complexity index is 1280. The second-order valence-corrected chi connectivity index (χ2v) is 10.3. The quantitative estimate of drug-likeness (QED) is 0.505. The van der Waals surface area contributed by atoms with Crippen LogP contribution in [0.1, 0.15) is 61.4 Å². The first-order chi connectivity index (χ1) is 18.1. The SMILES string of the molecule is C[C@@H]1C[C@H](CO)CCN1c1ccc(C(=O)NC2CCC(Oc3ccc(C#N)c4ncccc34)CC2)cc1. The third-order valence-electron chi connectivity index (χ3n) is 7.86. The van der Waals surface area contributed by atoms with Gasteiger partial charge < -0.3 is 20.1 Å². The van der Waals surface area contributed by atoms with Crippen molar-refractivity contribution in [2.45, 2.75) is 63.6 Å². The molecule has 0 unspecified atom stereocenters. The maximum absolute atomic E-state index is 12.9. The molecule has 2 aliphatic rings. The fraction of sp³-hybridized carbons (Fsp3) is 0.433. The van der Waals surface area contributed by atoms with Crippen LogP contribution in [0.25, 0.3) is 10.9 Å². The summed E-state index contributed by atoms with van der Waals surface area (Å²) < 4.78 is 6.32. The van der Waals surface area contributed by atoms with Gasteiger partial charge in [0, 0.05) is 48.1 Å². The summed E-state index contributed by atoms with van der Waals surface area (Å²) in [6.45, 7) is 3.39. The molecule has 1 saturated carbocycles. The van der Waals surface area contributed by atoms with Gasteiger partial charge in [0.2, 0.25) is 0 Å². The van der Waals surface area contributed by atoms with Gasteiger partial charge in [-0.1, -0.05) is 0 Å². The molecule has 0 radical (unpaired) electrons. The fourth-order valence-electron chi connectivity index (χ4n) is 5.74. The van der Waals surface area contributed by atoms with Crippen molar-refractivity contribution in [3.05, 3.63) is 65.9 Å². The lowest BCUT2D eigenvalue weighted by Crippen LogP contribution is -2.41. The minimum Gasteiger partial charge on any atom is -0.490 e. The Labute approximate surface area is 218 Å². The monoisotopic (exact) mass is 498 g/mol. The predicted octanol–water partition coefficient (Wildman–Crippen LogP) is 4.82. The van der Waals surface area contributed by atoms with E-state index < -0.39 is 0 Å². The van der Waals surface area contributed by atoms with Crippen molar-refractivity contribution in [2.24, 2.45) is 5.92 Å². The maximum Gasteiger partial charge on any atom is 0.251 e. The van der Waals surface area contributed by atoms with Crippen LogP contribution < -0.4 is 15.0 Å². The molecule has 3 aromatic rings. The van der Waals surface area contributed by atoms with Crippen molar-refractivity contribution in [1.29, 1.82) is 5.26 Å². The van der Waals surface area contributed by atoms with Crippen LogP contribution in [0.15, 0.2) is 54.7 Å². The Morgan fingerprint density at radius 1 is 1.14 bits per heavy atom. The van der Waals surface area contributed by atoms with Crippen LogP contribution in [0.5, 0.6) is 5.75 Å². The van der Waals surface area contributed by atoms with E-state index in [1.165, 1.54) is 0 Å². The van der Waals surface area contributed by atoms with Crippen molar-refractivity contribution in [2.75, 3.05) is 18.1 Å². The molecule has 7 heteroatoms. The Kier molecular flexibility index (Phi) is 7.57. The number of rotatable bonds is 6. The van der Waals surface area contributed by atoms with Crippen LogP contribution in [0, 0.1) is 17.2 Å². The molecule has 1 aliphatic heterocycles. The number of pyridine rings is 1. The summed E-state index contributed by atoms with van der Waals surface area (Å²) in [5.74, 6) is 1.11. The van der Waals surface area contributed by atoms with Gasteiger partial charge in [-0.25, -0.2) is 0 Å². The normalized spacial score (nSPS) is 23.9. The van der Waals surface area contributed by atoms with E-state index in [4.69, 9.17) is 4.74 Å². The molecule has 2 atom stereocenters. The molecule has 192 valence electrons. The topological polar surface area (TPSA) is 98.5 Å². The summed E-state index contributed by atoms with van der Waals surface area (Å²) >= 11 is 0. The van der Waals surface area contributed by atoms with Gasteiger partial charge in [0.25, 0.3) is 5.91 Å². The minimum absolute atomic E-state index is 0.0351. The van der Waals surface area contributed by atoms with Crippen LogP contribution >= 0.6 is 0 Å². The zero-order chi connectivity index (χ0) is 25.8. The average Bonchev–Trinajstić information content (AvgIpc) is 2.94. The van der Waals surface area contributed by atoms with Gasteiger partial charge in [0.1, 0.15) is 11.8 Å². The number of ether oxygens (including phenoxy) is 1. The molecule has 2 N–H and O–H groups in total. The molecular formula is C30H34N4O3.